The Morgan fingerprint density at radius 3 is 2.54 bits per heavy atom. The molecule has 0 bridgehead atoms. The summed E-state index contributed by atoms with van der Waals surface area (Å²) >= 11 is 7.56. The van der Waals surface area contributed by atoms with Crippen molar-refractivity contribution >= 4 is 35.0 Å². The molecule has 7 nitrogen and oxygen atoms in total. The number of fused-ring (bicyclic) bond motifs is 1. The van der Waals surface area contributed by atoms with Gasteiger partial charge < -0.3 is 14.2 Å². The number of benzene rings is 2. The molecular weight excluding hydrogens is 488 g/mol. The fourth-order valence-corrected chi connectivity index (χ4v) is 5.21. The van der Waals surface area contributed by atoms with Gasteiger partial charge in [0.2, 0.25) is 0 Å². The zero-order valence-corrected chi connectivity index (χ0v) is 21.4. The van der Waals surface area contributed by atoms with Crippen molar-refractivity contribution in [2.75, 3.05) is 20.3 Å². The van der Waals surface area contributed by atoms with Gasteiger partial charge in [-0.25, -0.2) is 9.79 Å². The first-order valence-corrected chi connectivity index (χ1v) is 12.3. The van der Waals surface area contributed by atoms with Gasteiger partial charge in [0.25, 0.3) is 5.56 Å². The molecule has 0 amide bonds. The van der Waals surface area contributed by atoms with Gasteiger partial charge in [-0.05, 0) is 56.2 Å². The molecule has 182 valence electrons. The molecule has 1 unspecified atom stereocenters. The summed E-state index contributed by atoms with van der Waals surface area (Å²) in [5.74, 6) is 0.567. The second-order valence-electron chi connectivity index (χ2n) is 7.67. The van der Waals surface area contributed by atoms with Crippen molar-refractivity contribution in [2.45, 2.75) is 26.8 Å². The third-order valence-corrected chi connectivity index (χ3v) is 6.83. The average molecular weight is 513 g/mol. The highest BCUT2D eigenvalue weighted by Gasteiger charge is 2.33. The molecule has 0 saturated carbocycles. The Balaban J connectivity index is 1.97. The molecule has 0 saturated heterocycles. The summed E-state index contributed by atoms with van der Waals surface area (Å²) in [7, 11) is 1.31. The lowest BCUT2D eigenvalue weighted by Gasteiger charge is -2.25. The Bertz CT molecular complexity index is 1490. The van der Waals surface area contributed by atoms with Gasteiger partial charge in [0, 0.05) is 5.02 Å². The number of ether oxygens (including phenoxy) is 3. The zero-order valence-electron chi connectivity index (χ0n) is 19.8. The number of hydrogen-bond donors (Lipinski definition) is 0. The van der Waals surface area contributed by atoms with Crippen LogP contribution in [-0.4, -0.2) is 30.9 Å². The van der Waals surface area contributed by atoms with Crippen LogP contribution in [-0.2, 0) is 9.53 Å². The maximum Gasteiger partial charge on any atom is 0.338 e. The van der Waals surface area contributed by atoms with Gasteiger partial charge >= 0.3 is 5.97 Å². The Kier molecular flexibility index (Phi) is 7.42. The monoisotopic (exact) mass is 512 g/mol. The lowest BCUT2D eigenvalue weighted by atomic mass is 9.95. The molecule has 0 radical (unpaired) electrons. The number of thiazole rings is 1. The molecule has 0 fully saturated rings. The fourth-order valence-electron chi connectivity index (χ4n) is 3.98. The second-order valence-corrected chi connectivity index (χ2v) is 9.08. The molecule has 1 aliphatic rings. The Morgan fingerprint density at radius 2 is 1.86 bits per heavy atom. The highest BCUT2D eigenvalue weighted by molar-refractivity contribution is 7.07. The first-order valence-electron chi connectivity index (χ1n) is 11.1. The Morgan fingerprint density at radius 1 is 1.14 bits per heavy atom. The maximum absolute atomic E-state index is 13.7. The standard InChI is InChI=1S/C26H25ClN2O5S/c1-5-33-19-12-11-17(13-20(19)34-6-2)23-22(25(31)32-4)15(3)28-26-29(23)24(30)21(35-26)14-16-9-7-8-10-18(16)27/h7-14,23H,5-6H2,1-4H3. The molecule has 0 N–H and O–H groups in total. The molecule has 2 aromatic carbocycles. The van der Waals surface area contributed by atoms with Crippen molar-refractivity contribution in [3.8, 4) is 11.5 Å². The number of halogens is 1. The number of methoxy groups -OCH3 is 1. The molecule has 2 heterocycles. The molecular formula is C26H25ClN2O5S. The third kappa shape index (κ3) is 4.76. The number of carbonyl (C=O) groups is 1. The Labute approximate surface area is 211 Å². The number of allylic oxidation sites excluding steroid dienone is 1. The summed E-state index contributed by atoms with van der Waals surface area (Å²) in [6.45, 7) is 6.42. The molecule has 1 aliphatic heterocycles. The van der Waals surface area contributed by atoms with E-state index in [1.54, 1.807) is 31.2 Å². The van der Waals surface area contributed by atoms with Crippen LogP contribution in [0.15, 0.2) is 63.5 Å². The highest BCUT2D eigenvalue weighted by atomic mass is 35.5. The predicted molar refractivity (Wildman–Crippen MR) is 136 cm³/mol. The van der Waals surface area contributed by atoms with Crippen LogP contribution < -0.4 is 24.4 Å². The quantitative estimate of drug-likeness (QED) is 0.449. The van der Waals surface area contributed by atoms with E-state index >= 15 is 0 Å². The van der Waals surface area contributed by atoms with Gasteiger partial charge in [-0.15, -0.1) is 0 Å². The number of rotatable bonds is 7. The van der Waals surface area contributed by atoms with Gasteiger partial charge in [-0.3, -0.25) is 9.36 Å². The molecule has 1 aromatic heterocycles. The van der Waals surface area contributed by atoms with E-state index in [0.29, 0.717) is 50.3 Å². The van der Waals surface area contributed by atoms with Gasteiger partial charge in [0.15, 0.2) is 16.3 Å². The molecule has 0 spiro atoms. The van der Waals surface area contributed by atoms with Gasteiger partial charge in [-0.2, -0.15) is 0 Å². The van der Waals surface area contributed by atoms with E-state index in [1.165, 1.54) is 23.0 Å². The molecule has 9 heteroatoms. The van der Waals surface area contributed by atoms with E-state index in [4.69, 9.17) is 25.8 Å². The van der Waals surface area contributed by atoms with Crippen molar-refractivity contribution in [3.63, 3.8) is 0 Å². The van der Waals surface area contributed by atoms with E-state index in [-0.39, 0.29) is 11.1 Å². The summed E-state index contributed by atoms with van der Waals surface area (Å²) in [6.07, 6.45) is 1.74. The molecule has 4 rings (SSSR count). The van der Waals surface area contributed by atoms with Crippen LogP contribution in [0.25, 0.3) is 6.08 Å². The summed E-state index contributed by atoms with van der Waals surface area (Å²) in [6, 6.07) is 11.9. The normalized spacial score (nSPS) is 15.5. The number of nitrogens with zero attached hydrogens (tertiary/aromatic N) is 2. The Hall–Kier alpha value is -3.36. The maximum atomic E-state index is 13.7. The minimum atomic E-state index is -0.748. The minimum Gasteiger partial charge on any atom is -0.490 e. The van der Waals surface area contributed by atoms with Crippen LogP contribution in [0.5, 0.6) is 11.5 Å². The molecule has 0 aliphatic carbocycles. The zero-order chi connectivity index (χ0) is 25.1. The fraction of sp³-hybridized carbons (Fsp3) is 0.269. The number of carbonyl (C=O) groups excluding carboxylic acids is 1. The van der Waals surface area contributed by atoms with Gasteiger partial charge in [0.1, 0.15) is 0 Å². The number of hydrogen-bond acceptors (Lipinski definition) is 7. The largest absolute Gasteiger partial charge is 0.490 e. The molecule has 3 aromatic rings. The van der Waals surface area contributed by atoms with Crippen LogP contribution in [0.3, 0.4) is 0 Å². The lowest BCUT2D eigenvalue weighted by Crippen LogP contribution is -2.39. The minimum absolute atomic E-state index is 0.278. The summed E-state index contributed by atoms with van der Waals surface area (Å²) < 4.78 is 18.5. The average Bonchev–Trinajstić information content (AvgIpc) is 3.15. The topological polar surface area (TPSA) is 79.1 Å². The van der Waals surface area contributed by atoms with Crippen molar-refractivity contribution < 1.29 is 19.0 Å². The summed E-state index contributed by atoms with van der Waals surface area (Å²) in [4.78, 5) is 31.6. The van der Waals surface area contributed by atoms with E-state index < -0.39 is 12.0 Å². The molecule has 35 heavy (non-hydrogen) atoms. The van der Waals surface area contributed by atoms with E-state index in [9.17, 15) is 9.59 Å². The first-order chi connectivity index (χ1) is 16.9. The summed E-state index contributed by atoms with van der Waals surface area (Å²) in [5, 5.41) is 0.536. The summed E-state index contributed by atoms with van der Waals surface area (Å²) in [5.41, 5.74) is 1.89. The van der Waals surface area contributed by atoms with Crippen molar-refractivity contribution in [2.24, 2.45) is 4.99 Å². The van der Waals surface area contributed by atoms with Crippen molar-refractivity contribution in [3.05, 3.63) is 89.6 Å². The van der Waals surface area contributed by atoms with Crippen LogP contribution in [0.1, 0.15) is 37.9 Å². The van der Waals surface area contributed by atoms with Crippen molar-refractivity contribution in [1.29, 1.82) is 0 Å². The lowest BCUT2D eigenvalue weighted by molar-refractivity contribution is -0.136. The van der Waals surface area contributed by atoms with E-state index in [1.807, 2.05) is 38.1 Å². The number of aromatic nitrogens is 1. The van der Waals surface area contributed by atoms with Crippen LogP contribution in [0.2, 0.25) is 5.02 Å². The number of esters is 1. The van der Waals surface area contributed by atoms with E-state index in [0.717, 1.165) is 5.56 Å². The first kappa shape index (κ1) is 24.8. The smallest absolute Gasteiger partial charge is 0.338 e. The predicted octanol–water partition coefficient (Wildman–Crippen LogP) is 3.86. The SMILES string of the molecule is CCOc1ccc(C2C(C(=O)OC)=C(C)N=c3sc(=Cc4ccccc4Cl)c(=O)n32)cc1OCC. The van der Waals surface area contributed by atoms with Crippen LogP contribution in [0, 0.1) is 0 Å². The second kappa shape index (κ2) is 10.5. The van der Waals surface area contributed by atoms with Crippen LogP contribution >= 0.6 is 22.9 Å². The highest BCUT2D eigenvalue weighted by Crippen LogP contribution is 2.36. The van der Waals surface area contributed by atoms with E-state index in [2.05, 4.69) is 4.99 Å². The van der Waals surface area contributed by atoms with Crippen molar-refractivity contribution in [1.82, 2.24) is 4.57 Å². The van der Waals surface area contributed by atoms with Gasteiger partial charge in [-0.1, -0.05) is 47.2 Å². The molecule has 1 atom stereocenters. The van der Waals surface area contributed by atoms with Crippen LogP contribution in [0.4, 0.5) is 0 Å². The van der Waals surface area contributed by atoms with Gasteiger partial charge in [0.05, 0.1) is 42.2 Å². The third-order valence-electron chi connectivity index (χ3n) is 5.50.